The minimum absolute atomic E-state index is 0.00389. The standard InChI is InChI=1S/C30H35NO6/c1-6-7-14-37-30(33)27-18(2)31-22-15-20(19-12-13-25(35-4)26(17-19)36-5)16-23(32)29(22)28(27)21-10-8-9-11-24(21)34-3/h8-13,17,20,28,31H,6-7,14-16H2,1-5H3. The molecule has 2 aromatic carbocycles. The Labute approximate surface area is 218 Å². The molecule has 1 N–H and O–H groups in total. The van der Waals surface area contributed by atoms with Crippen LogP contribution in [0.1, 0.15) is 62.5 Å². The molecule has 1 aliphatic carbocycles. The summed E-state index contributed by atoms with van der Waals surface area (Å²) in [6.45, 7) is 4.25. The summed E-state index contributed by atoms with van der Waals surface area (Å²) in [4.78, 5) is 27.2. The van der Waals surface area contributed by atoms with Crippen molar-refractivity contribution in [2.75, 3.05) is 27.9 Å². The summed E-state index contributed by atoms with van der Waals surface area (Å²) in [6.07, 6.45) is 2.64. The number of esters is 1. The molecule has 4 rings (SSSR count). The van der Waals surface area contributed by atoms with Crippen LogP contribution in [0.25, 0.3) is 0 Å². The molecule has 37 heavy (non-hydrogen) atoms. The Morgan fingerprint density at radius 3 is 2.41 bits per heavy atom. The molecule has 2 unspecified atom stereocenters. The molecule has 1 aliphatic heterocycles. The molecule has 0 amide bonds. The van der Waals surface area contributed by atoms with Crippen molar-refractivity contribution in [2.24, 2.45) is 0 Å². The van der Waals surface area contributed by atoms with E-state index in [0.29, 0.717) is 53.5 Å². The van der Waals surface area contributed by atoms with E-state index in [4.69, 9.17) is 18.9 Å². The number of nitrogens with one attached hydrogen (secondary N) is 1. The number of ketones is 1. The van der Waals surface area contributed by atoms with Crippen molar-refractivity contribution in [3.8, 4) is 17.2 Å². The molecule has 2 aliphatic rings. The number of hydrogen-bond donors (Lipinski definition) is 1. The minimum atomic E-state index is -0.569. The summed E-state index contributed by atoms with van der Waals surface area (Å²) in [5, 5.41) is 3.40. The molecule has 2 aromatic rings. The van der Waals surface area contributed by atoms with E-state index in [1.165, 1.54) is 0 Å². The molecule has 196 valence electrons. The van der Waals surface area contributed by atoms with Gasteiger partial charge < -0.3 is 24.3 Å². The third kappa shape index (κ3) is 5.22. The molecular weight excluding hydrogens is 470 g/mol. The molecule has 7 heteroatoms. The Morgan fingerprint density at radius 2 is 1.70 bits per heavy atom. The topological polar surface area (TPSA) is 83.1 Å². The van der Waals surface area contributed by atoms with Gasteiger partial charge in [0.2, 0.25) is 0 Å². The van der Waals surface area contributed by atoms with Crippen LogP contribution in [-0.4, -0.2) is 39.7 Å². The third-order valence-electron chi connectivity index (χ3n) is 7.11. The van der Waals surface area contributed by atoms with Gasteiger partial charge in [-0.1, -0.05) is 37.6 Å². The lowest BCUT2D eigenvalue weighted by Crippen LogP contribution is -2.36. The van der Waals surface area contributed by atoms with Gasteiger partial charge in [-0.05, 0) is 49.4 Å². The zero-order valence-electron chi connectivity index (χ0n) is 22.2. The number of hydrogen-bond acceptors (Lipinski definition) is 7. The second kappa shape index (κ2) is 11.5. The number of unbranched alkanes of at least 4 members (excludes halogenated alkanes) is 1. The highest BCUT2D eigenvalue weighted by Gasteiger charge is 2.42. The fraction of sp³-hybridized carbons (Fsp3) is 0.400. The van der Waals surface area contributed by atoms with Gasteiger partial charge in [-0.3, -0.25) is 4.79 Å². The van der Waals surface area contributed by atoms with Gasteiger partial charge in [0.15, 0.2) is 17.3 Å². The van der Waals surface area contributed by atoms with Crippen LogP contribution >= 0.6 is 0 Å². The van der Waals surface area contributed by atoms with Gasteiger partial charge in [-0.25, -0.2) is 4.79 Å². The summed E-state index contributed by atoms with van der Waals surface area (Å²) in [5.41, 5.74) is 4.36. The number of carbonyl (C=O) groups excluding carboxylic acids is 2. The number of methoxy groups -OCH3 is 3. The second-order valence-corrected chi connectivity index (χ2v) is 9.36. The number of dihydropyridines is 1. The van der Waals surface area contributed by atoms with Crippen molar-refractivity contribution in [3.05, 3.63) is 76.1 Å². The minimum Gasteiger partial charge on any atom is -0.496 e. The van der Waals surface area contributed by atoms with Crippen molar-refractivity contribution in [2.45, 2.75) is 51.4 Å². The van der Waals surface area contributed by atoms with Crippen molar-refractivity contribution < 1.29 is 28.5 Å². The largest absolute Gasteiger partial charge is 0.496 e. The lowest BCUT2D eigenvalue weighted by Gasteiger charge is -2.37. The van der Waals surface area contributed by atoms with E-state index in [-0.39, 0.29) is 11.7 Å². The van der Waals surface area contributed by atoms with Crippen LogP contribution < -0.4 is 19.5 Å². The summed E-state index contributed by atoms with van der Waals surface area (Å²) in [6, 6.07) is 13.3. The van der Waals surface area contributed by atoms with Gasteiger partial charge in [0.05, 0.1) is 39.4 Å². The van der Waals surface area contributed by atoms with Crippen LogP contribution in [0.15, 0.2) is 65.0 Å². The van der Waals surface area contributed by atoms with E-state index in [0.717, 1.165) is 29.7 Å². The molecule has 0 saturated heterocycles. The lowest BCUT2D eigenvalue weighted by atomic mass is 9.71. The van der Waals surface area contributed by atoms with E-state index < -0.39 is 11.9 Å². The fourth-order valence-corrected chi connectivity index (χ4v) is 5.25. The molecule has 0 aromatic heterocycles. The first-order chi connectivity index (χ1) is 17.9. The van der Waals surface area contributed by atoms with Gasteiger partial charge in [0.1, 0.15) is 5.75 Å². The van der Waals surface area contributed by atoms with Crippen LogP contribution in [-0.2, 0) is 14.3 Å². The summed E-state index contributed by atoms with van der Waals surface area (Å²) in [5.74, 6) is 0.881. The number of carbonyl (C=O) groups is 2. The second-order valence-electron chi connectivity index (χ2n) is 9.36. The maximum absolute atomic E-state index is 13.8. The van der Waals surface area contributed by atoms with E-state index in [1.54, 1.807) is 21.3 Å². The van der Waals surface area contributed by atoms with Crippen molar-refractivity contribution in [1.29, 1.82) is 0 Å². The Hall–Kier alpha value is -3.74. The average Bonchev–Trinajstić information content (AvgIpc) is 2.91. The normalized spacial score (nSPS) is 19.2. The van der Waals surface area contributed by atoms with E-state index in [1.807, 2.05) is 56.3 Å². The maximum atomic E-state index is 13.8. The molecule has 1 heterocycles. The summed E-state index contributed by atoms with van der Waals surface area (Å²) >= 11 is 0. The number of Topliss-reactive ketones (excluding diaryl/α,β-unsaturated/α-hetero) is 1. The number of para-hydroxylation sites is 1. The first-order valence-corrected chi connectivity index (χ1v) is 12.7. The summed E-state index contributed by atoms with van der Waals surface area (Å²) in [7, 11) is 4.80. The van der Waals surface area contributed by atoms with Crippen molar-refractivity contribution >= 4 is 11.8 Å². The monoisotopic (exact) mass is 505 g/mol. The average molecular weight is 506 g/mol. The van der Waals surface area contributed by atoms with Crippen molar-refractivity contribution in [3.63, 3.8) is 0 Å². The highest BCUT2D eigenvalue weighted by Crippen LogP contribution is 2.48. The SMILES string of the molecule is CCCCOC(=O)C1=C(C)NC2=C(C(=O)CC(c3ccc(OC)c(OC)c3)C2)C1c1ccccc1OC. The molecule has 0 fully saturated rings. The number of ether oxygens (including phenoxy) is 4. The van der Waals surface area contributed by atoms with Crippen LogP contribution in [0.5, 0.6) is 17.2 Å². The molecule has 0 spiro atoms. The van der Waals surface area contributed by atoms with Gasteiger partial charge in [-0.15, -0.1) is 0 Å². The Bertz CT molecular complexity index is 1240. The van der Waals surface area contributed by atoms with Gasteiger partial charge in [0, 0.05) is 29.0 Å². The van der Waals surface area contributed by atoms with Crippen LogP contribution in [0.2, 0.25) is 0 Å². The highest BCUT2D eigenvalue weighted by molar-refractivity contribution is 6.04. The first kappa shape index (κ1) is 26.3. The zero-order valence-corrected chi connectivity index (χ0v) is 22.2. The number of rotatable bonds is 9. The fourth-order valence-electron chi connectivity index (χ4n) is 5.25. The lowest BCUT2D eigenvalue weighted by molar-refractivity contribution is -0.139. The molecule has 0 radical (unpaired) electrons. The molecule has 0 saturated carbocycles. The first-order valence-electron chi connectivity index (χ1n) is 12.7. The van der Waals surface area contributed by atoms with Crippen molar-refractivity contribution in [1.82, 2.24) is 5.32 Å². The molecule has 0 bridgehead atoms. The smallest absolute Gasteiger partial charge is 0.336 e. The highest BCUT2D eigenvalue weighted by atomic mass is 16.5. The van der Waals surface area contributed by atoms with E-state index in [9.17, 15) is 9.59 Å². The predicted molar refractivity (Wildman–Crippen MR) is 141 cm³/mol. The van der Waals surface area contributed by atoms with Gasteiger partial charge in [0.25, 0.3) is 0 Å². The summed E-state index contributed by atoms with van der Waals surface area (Å²) < 4.78 is 22.2. The molecule has 2 atom stereocenters. The van der Waals surface area contributed by atoms with Crippen LogP contribution in [0.3, 0.4) is 0 Å². The Morgan fingerprint density at radius 1 is 0.973 bits per heavy atom. The maximum Gasteiger partial charge on any atom is 0.336 e. The Balaban J connectivity index is 1.77. The van der Waals surface area contributed by atoms with E-state index >= 15 is 0 Å². The quantitative estimate of drug-likeness (QED) is 0.360. The third-order valence-corrected chi connectivity index (χ3v) is 7.11. The number of benzene rings is 2. The number of allylic oxidation sites excluding steroid dienone is 3. The van der Waals surface area contributed by atoms with Crippen LogP contribution in [0.4, 0.5) is 0 Å². The zero-order chi connectivity index (χ0) is 26.5. The van der Waals surface area contributed by atoms with Gasteiger partial charge >= 0.3 is 5.97 Å². The van der Waals surface area contributed by atoms with Crippen LogP contribution in [0, 0.1) is 0 Å². The molecular formula is C30H35NO6. The Kier molecular flexibility index (Phi) is 8.21. The molecule has 7 nitrogen and oxygen atoms in total. The predicted octanol–water partition coefficient (Wildman–Crippen LogP) is 5.42. The van der Waals surface area contributed by atoms with Gasteiger partial charge in [-0.2, -0.15) is 0 Å². The van der Waals surface area contributed by atoms with E-state index in [2.05, 4.69) is 5.32 Å².